The van der Waals surface area contributed by atoms with Crippen molar-refractivity contribution in [1.29, 1.82) is 0 Å². The molecule has 0 aliphatic heterocycles. The van der Waals surface area contributed by atoms with E-state index in [1.807, 2.05) is 20.0 Å². The van der Waals surface area contributed by atoms with Crippen LogP contribution in [0.15, 0.2) is 18.2 Å². The van der Waals surface area contributed by atoms with E-state index in [2.05, 4.69) is 19.2 Å². The lowest BCUT2D eigenvalue weighted by atomic mass is 9.58. The molecule has 116 valence electrons. The van der Waals surface area contributed by atoms with Gasteiger partial charge in [0, 0.05) is 23.9 Å². The van der Waals surface area contributed by atoms with Gasteiger partial charge in [-0.15, -0.1) is 0 Å². The molecule has 0 amide bonds. The van der Waals surface area contributed by atoms with Gasteiger partial charge in [-0.25, -0.2) is 0 Å². The maximum atomic E-state index is 11.2. The smallest absolute Gasteiger partial charge is 0.311 e. The third-order valence-electron chi connectivity index (χ3n) is 5.10. The van der Waals surface area contributed by atoms with Crippen molar-refractivity contribution in [2.24, 2.45) is 5.41 Å². The Bertz CT molecular complexity index is 526. The van der Waals surface area contributed by atoms with Gasteiger partial charge in [0.25, 0.3) is 0 Å². The van der Waals surface area contributed by atoms with Crippen molar-refractivity contribution < 1.29 is 9.66 Å². The number of nitro benzene ring substituents is 1. The van der Waals surface area contributed by atoms with Gasteiger partial charge < -0.3 is 10.1 Å². The normalized spacial score (nSPS) is 23.4. The third-order valence-corrected chi connectivity index (χ3v) is 5.10. The Hall–Kier alpha value is -1.62. The lowest BCUT2D eigenvalue weighted by molar-refractivity contribution is -0.386. The van der Waals surface area contributed by atoms with Crippen LogP contribution in [0.5, 0.6) is 5.75 Å². The summed E-state index contributed by atoms with van der Waals surface area (Å²) in [7, 11) is 1.97. The molecule has 1 aliphatic rings. The average Bonchev–Trinajstić information content (AvgIpc) is 2.45. The van der Waals surface area contributed by atoms with E-state index in [-0.39, 0.29) is 22.1 Å². The fourth-order valence-corrected chi connectivity index (χ4v) is 3.59. The number of nitro groups is 1. The van der Waals surface area contributed by atoms with Gasteiger partial charge in [-0.2, -0.15) is 0 Å². The minimum atomic E-state index is -0.365. The van der Waals surface area contributed by atoms with Crippen LogP contribution in [0.4, 0.5) is 5.69 Å². The summed E-state index contributed by atoms with van der Waals surface area (Å²) in [4.78, 5) is 10.8. The van der Waals surface area contributed by atoms with Crippen molar-refractivity contribution in [3.63, 3.8) is 0 Å². The van der Waals surface area contributed by atoms with Gasteiger partial charge in [0.15, 0.2) is 5.75 Å². The quantitative estimate of drug-likeness (QED) is 0.644. The van der Waals surface area contributed by atoms with E-state index in [1.54, 1.807) is 6.07 Å². The third kappa shape index (κ3) is 2.50. The number of hydrogen-bond donors (Lipinski definition) is 1. The highest BCUT2D eigenvalue weighted by molar-refractivity contribution is 5.51. The van der Waals surface area contributed by atoms with E-state index in [9.17, 15) is 10.1 Å². The van der Waals surface area contributed by atoms with E-state index in [0.717, 1.165) is 24.8 Å². The maximum absolute atomic E-state index is 11.2. The Labute approximate surface area is 125 Å². The first-order valence-corrected chi connectivity index (χ1v) is 7.58. The Balaban J connectivity index is 2.29. The first-order chi connectivity index (χ1) is 10.00. The summed E-state index contributed by atoms with van der Waals surface area (Å²) in [5.41, 5.74) is 0.937. The van der Waals surface area contributed by atoms with Crippen molar-refractivity contribution in [3.05, 3.63) is 33.9 Å². The van der Waals surface area contributed by atoms with Gasteiger partial charge in [0.1, 0.15) is 6.10 Å². The second kappa shape index (κ2) is 6.02. The second-order valence-corrected chi connectivity index (χ2v) is 5.80. The predicted molar refractivity (Wildman–Crippen MR) is 82.7 cm³/mol. The lowest BCUT2D eigenvalue weighted by Crippen LogP contribution is -2.63. The first-order valence-electron chi connectivity index (χ1n) is 7.58. The highest BCUT2D eigenvalue weighted by atomic mass is 16.6. The van der Waals surface area contributed by atoms with Crippen LogP contribution in [-0.4, -0.2) is 24.1 Å². The van der Waals surface area contributed by atoms with E-state index < -0.39 is 0 Å². The molecule has 21 heavy (non-hydrogen) atoms. The van der Waals surface area contributed by atoms with E-state index in [0.29, 0.717) is 11.8 Å². The summed E-state index contributed by atoms with van der Waals surface area (Å²) in [5.74, 6) is 0.424. The summed E-state index contributed by atoms with van der Waals surface area (Å²) in [6.07, 6.45) is 2.92. The summed E-state index contributed by atoms with van der Waals surface area (Å²) in [6.45, 7) is 6.18. The molecule has 0 radical (unpaired) electrons. The molecule has 1 N–H and O–H groups in total. The van der Waals surface area contributed by atoms with Crippen molar-refractivity contribution in [2.75, 3.05) is 7.05 Å². The molecule has 0 saturated heterocycles. The van der Waals surface area contributed by atoms with Crippen molar-refractivity contribution in [1.82, 2.24) is 5.32 Å². The van der Waals surface area contributed by atoms with Crippen LogP contribution in [0, 0.1) is 22.5 Å². The number of para-hydroxylation sites is 1. The fraction of sp³-hybridized carbons (Fsp3) is 0.625. The molecule has 0 heterocycles. The molecule has 1 saturated carbocycles. The molecule has 5 nitrogen and oxygen atoms in total. The summed E-state index contributed by atoms with van der Waals surface area (Å²) in [6, 6.07) is 5.48. The van der Waals surface area contributed by atoms with Crippen LogP contribution >= 0.6 is 0 Å². The minimum absolute atomic E-state index is 0.0322. The van der Waals surface area contributed by atoms with Gasteiger partial charge in [0.05, 0.1) is 4.92 Å². The molecular formula is C16H24N2O3. The van der Waals surface area contributed by atoms with Crippen molar-refractivity contribution in [3.8, 4) is 5.75 Å². The SMILES string of the molecule is CCC1(CC)C(NC)CC1Oc1c(C)cccc1[N+](=O)[O-]. The predicted octanol–water partition coefficient (Wildman–Crippen LogP) is 3.45. The van der Waals surface area contributed by atoms with Gasteiger partial charge in [-0.05, 0) is 32.4 Å². The fourth-order valence-electron chi connectivity index (χ4n) is 3.59. The Morgan fingerprint density at radius 3 is 2.62 bits per heavy atom. The van der Waals surface area contributed by atoms with Crippen LogP contribution in [-0.2, 0) is 0 Å². The molecule has 2 unspecified atom stereocenters. The molecule has 2 atom stereocenters. The number of rotatable bonds is 6. The van der Waals surface area contributed by atoms with Gasteiger partial charge in [0.2, 0.25) is 0 Å². The maximum Gasteiger partial charge on any atom is 0.311 e. The number of benzene rings is 1. The van der Waals surface area contributed by atoms with Crippen LogP contribution in [0.25, 0.3) is 0 Å². The largest absolute Gasteiger partial charge is 0.483 e. The summed E-state index contributed by atoms with van der Waals surface area (Å²) < 4.78 is 6.12. The number of nitrogens with zero attached hydrogens (tertiary/aromatic N) is 1. The second-order valence-electron chi connectivity index (χ2n) is 5.80. The Kier molecular flexibility index (Phi) is 4.52. The molecule has 0 spiro atoms. The molecule has 0 bridgehead atoms. The number of nitrogens with one attached hydrogen (secondary N) is 1. The molecule has 0 aromatic heterocycles. The Morgan fingerprint density at radius 2 is 2.10 bits per heavy atom. The lowest BCUT2D eigenvalue weighted by Gasteiger charge is -2.55. The molecule has 1 aromatic carbocycles. The molecule has 2 rings (SSSR count). The number of hydrogen-bond acceptors (Lipinski definition) is 4. The van der Waals surface area contributed by atoms with E-state index >= 15 is 0 Å². The number of aryl methyl sites for hydroxylation is 1. The van der Waals surface area contributed by atoms with Crippen molar-refractivity contribution >= 4 is 5.69 Å². The minimum Gasteiger partial charge on any atom is -0.483 e. The van der Waals surface area contributed by atoms with Crippen LogP contribution in [0.2, 0.25) is 0 Å². The van der Waals surface area contributed by atoms with Gasteiger partial charge >= 0.3 is 5.69 Å². The molecule has 1 fully saturated rings. The first kappa shape index (κ1) is 15.8. The average molecular weight is 292 g/mol. The zero-order valence-electron chi connectivity index (χ0n) is 13.2. The van der Waals surface area contributed by atoms with Crippen LogP contribution in [0.3, 0.4) is 0 Å². The topological polar surface area (TPSA) is 64.4 Å². The van der Waals surface area contributed by atoms with E-state index in [1.165, 1.54) is 6.07 Å². The molecule has 5 heteroatoms. The molecular weight excluding hydrogens is 268 g/mol. The standard InChI is InChI=1S/C16H24N2O3/c1-5-16(6-2)13(17-4)10-14(16)21-15-11(3)8-7-9-12(15)18(19)20/h7-9,13-14,17H,5-6,10H2,1-4H3. The van der Waals surface area contributed by atoms with Crippen LogP contribution < -0.4 is 10.1 Å². The van der Waals surface area contributed by atoms with E-state index in [4.69, 9.17) is 4.74 Å². The zero-order valence-corrected chi connectivity index (χ0v) is 13.2. The summed E-state index contributed by atoms with van der Waals surface area (Å²) >= 11 is 0. The van der Waals surface area contributed by atoms with Crippen LogP contribution in [0.1, 0.15) is 38.7 Å². The summed E-state index contributed by atoms with van der Waals surface area (Å²) in [5, 5.41) is 14.5. The van der Waals surface area contributed by atoms with Gasteiger partial charge in [-0.1, -0.05) is 26.0 Å². The highest BCUT2D eigenvalue weighted by Crippen LogP contribution is 2.50. The monoisotopic (exact) mass is 292 g/mol. The number of ether oxygens (including phenoxy) is 1. The van der Waals surface area contributed by atoms with Crippen molar-refractivity contribution in [2.45, 2.75) is 52.2 Å². The molecule has 1 aliphatic carbocycles. The highest BCUT2D eigenvalue weighted by Gasteiger charge is 2.54. The molecule has 1 aromatic rings. The Morgan fingerprint density at radius 1 is 1.43 bits per heavy atom. The van der Waals surface area contributed by atoms with Gasteiger partial charge in [-0.3, -0.25) is 10.1 Å². The zero-order chi connectivity index (χ0) is 15.6.